The van der Waals surface area contributed by atoms with Crippen LogP contribution in [0.2, 0.25) is 0 Å². The lowest BCUT2D eigenvalue weighted by molar-refractivity contribution is 0.415. The molecule has 0 amide bonds. The number of methoxy groups -OCH3 is 1. The Kier molecular flexibility index (Phi) is 4.38. The van der Waals surface area contributed by atoms with Crippen molar-refractivity contribution >= 4 is 16.7 Å². The molecule has 134 valence electrons. The Morgan fingerprint density at radius 3 is 2.56 bits per heavy atom. The van der Waals surface area contributed by atoms with Crippen LogP contribution in [-0.2, 0) is 0 Å². The highest BCUT2D eigenvalue weighted by atomic mass is 19.1. The smallest absolute Gasteiger partial charge is 0.163 e. The summed E-state index contributed by atoms with van der Waals surface area (Å²) in [6.45, 7) is 0. The first kappa shape index (κ1) is 16.9. The summed E-state index contributed by atoms with van der Waals surface area (Å²) in [5, 5.41) is 3.66. The van der Waals surface area contributed by atoms with Crippen molar-refractivity contribution in [2.24, 2.45) is 0 Å². The molecule has 2 aromatic heterocycles. The van der Waals surface area contributed by atoms with Crippen LogP contribution in [0.4, 0.5) is 10.2 Å². The average molecular weight is 360 g/mol. The minimum atomic E-state index is -0.408. The highest BCUT2D eigenvalue weighted by Crippen LogP contribution is 2.32. The maximum Gasteiger partial charge on any atom is 0.163 e. The molecule has 0 saturated carbocycles. The quantitative estimate of drug-likeness (QED) is 0.579. The number of aromatic nitrogens is 3. The SMILES string of the molecule is CNc1nc(-c2cccnc2)nc2c(F)cc(-c3cccc(OC)c3)cc12. The standard InChI is InChI=1S/C21H17FN4O/c1-23-21-17-10-15(13-5-3-7-16(9-13)27-2)11-18(22)19(17)25-20(26-21)14-6-4-8-24-12-14/h3-12H,1-2H3,(H,23,25,26). The lowest BCUT2D eigenvalue weighted by atomic mass is 10.0. The summed E-state index contributed by atoms with van der Waals surface area (Å²) in [4.78, 5) is 13.1. The fourth-order valence-corrected chi connectivity index (χ4v) is 2.97. The largest absolute Gasteiger partial charge is 0.497 e. The molecule has 4 rings (SSSR count). The Bertz CT molecular complexity index is 1120. The van der Waals surface area contributed by atoms with Crippen molar-refractivity contribution in [1.29, 1.82) is 0 Å². The summed E-state index contributed by atoms with van der Waals surface area (Å²) in [5.74, 6) is 1.29. The van der Waals surface area contributed by atoms with Gasteiger partial charge in [0.1, 0.15) is 22.9 Å². The van der Waals surface area contributed by atoms with Gasteiger partial charge >= 0.3 is 0 Å². The van der Waals surface area contributed by atoms with Gasteiger partial charge in [0.15, 0.2) is 5.82 Å². The number of halogens is 1. The average Bonchev–Trinajstić information content (AvgIpc) is 2.73. The summed E-state index contributed by atoms with van der Waals surface area (Å²) >= 11 is 0. The minimum Gasteiger partial charge on any atom is -0.497 e. The van der Waals surface area contributed by atoms with E-state index < -0.39 is 5.82 Å². The molecule has 0 radical (unpaired) electrons. The first-order valence-corrected chi connectivity index (χ1v) is 8.43. The van der Waals surface area contributed by atoms with Crippen molar-refractivity contribution in [3.8, 4) is 28.3 Å². The topological polar surface area (TPSA) is 59.9 Å². The van der Waals surface area contributed by atoms with Gasteiger partial charge in [-0.05, 0) is 47.5 Å². The molecule has 2 aromatic carbocycles. The number of nitrogens with one attached hydrogen (secondary N) is 1. The fraction of sp³-hybridized carbons (Fsp3) is 0.0952. The number of hydrogen-bond acceptors (Lipinski definition) is 5. The van der Waals surface area contributed by atoms with E-state index in [4.69, 9.17) is 4.74 Å². The number of anilines is 1. The van der Waals surface area contributed by atoms with Crippen LogP contribution in [0.1, 0.15) is 0 Å². The molecule has 0 saturated heterocycles. The molecule has 0 spiro atoms. The predicted octanol–water partition coefficient (Wildman–Crippen LogP) is 4.55. The summed E-state index contributed by atoms with van der Waals surface area (Å²) in [5.41, 5.74) is 2.58. The zero-order chi connectivity index (χ0) is 18.8. The van der Waals surface area contributed by atoms with Crippen LogP contribution in [0.3, 0.4) is 0 Å². The Balaban J connectivity index is 1.92. The molecule has 5 nitrogen and oxygen atoms in total. The summed E-state index contributed by atoms with van der Waals surface area (Å²) in [6, 6.07) is 14.5. The van der Waals surface area contributed by atoms with Crippen LogP contribution >= 0.6 is 0 Å². The third-order valence-electron chi connectivity index (χ3n) is 4.31. The number of pyridine rings is 1. The van der Waals surface area contributed by atoms with Crippen LogP contribution in [0.25, 0.3) is 33.4 Å². The van der Waals surface area contributed by atoms with E-state index in [1.165, 1.54) is 6.07 Å². The molecule has 0 aliphatic rings. The second kappa shape index (κ2) is 6.99. The summed E-state index contributed by atoms with van der Waals surface area (Å²) < 4.78 is 20.2. The number of rotatable bonds is 4. The van der Waals surface area contributed by atoms with E-state index in [0.717, 1.165) is 16.7 Å². The van der Waals surface area contributed by atoms with Crippen LogP contribution in [-0.4, -0.2) is 29.1 Å². The van der Waals surface area contributed by atoms with Crippen molar-refractivity contribution < 1.29 is 9.13 Å². The molecule has 0 fully saturated rings. The Morgan fingerprint density at radius 2 is 1.81 bits per heavy atom. The van der Waals surface area contributed by atoms with Crippen molar-refractivity contribution in [1.82, 2.24) is 15.0 Å². The predicted molar refractivity (Wildman–Crippen MR) is 104 cm³/mol. The number of ether oxygens (including phenoxy) is 1. The number of benzene rings is 2. The van der Waals surface area contributed by atoms with Gasteiger partial charge in [-0.25, -0.2) is 14.4 Å². The van der Waals surface area contributed by atoms with Crippen LogP contribution in [0.15, 0.2) is 60.9 Å². The molecule has 0 aliphatic carbocycles. The Morgan fingerprint density at radius 1 is 0.963 bits per heavy atom. The number of nitrogens with zero attached hydrogens (tertiary/aromatic N) is 3. The maximum atomic E-state index is 15.0. The van der Waals surface area contributed by atoms with Crippen molar-refractivity contribution in [2.45, 2.75) is 0 Å². The van der Waals surface area contributed by atoms with Gasteiger partial charge in [-0.15, -0.1) is 0 Å². The third-order valence-corrected chi connectivity index (χ3v) is 4.31. The van der Waals surface area contributed by atoms with E-state index >= 15 is 0 Å². The lowest BCUT2D eigenvalue weighted by Gasteiger charge is -2.11. The van der Waals surface area contributed by atoms with Crippen molar-refractivity contribution in [3.63, 3.8) is 0 Å². The lowest BCUT2D eigenvalue weighted by Crippen LogP contribution is -2.01. The summed E-state index contributed by atoms with van der Waals surface area (Å²) in [6.07, 6.45) is 3.33. The second-order valence-corrected chi connectivity index (χ2v) is 5.97. The summed E-state index contributed by atoms with van der Waals surface area (Å²) in [7, 11) is 3.36. The van der Waals surface area contributed by atoms with Gasteiger partial charge in [-0.3, -0.25) is 4.98 Å². The molecule has 27 heavy (non-hydrogen) atoms. The molecular formula is C21H17FN4O. The highest BCUT2D eigenvalue weighted by Gasteiger charge is 2.14. The molecule has 1 N–H and O–H groups in total. The van der Waals surface area contributed by atoms with Crippen molar-refractivity contribution in [2.75, 3.05) is 19.5 Å². The fourth-order valence-electron chi connectivity index (χ4n) is 2.97. The molecular weight excluding hydrogens is 343 g/mol. The van der Waals surface area contributed by atoms with Crippen LogP contribution in [0.5, 0.6) is 5.75 Å². The van der Waals surface area contributed by atoms with Crippen LogP contribution < -0.4 is 10.1 Å². The first-order chi connectivity index (χ1) is 13.2. The molecule has 0 atom stereocenters. The van der Waals surface area contributed by atoms with Gasteiger partial charge < -0.3 is 10.1 Å². The first-order valence-electron chi connectivity index (χ1n) is 8.43. The molecule has 0 bridgehead atoms. The molecule has 0 aliphatic heterocycles. The van der Waals surface area contributed by atoms with E-state index in [0.29, 0.717) is 22.8 Å². The highest BCUT2D eigenvalue weighted by molar-refractivity contribution is 5.94. The Hall–Kier alpha value is -3.54. The van der Waals surface area contributed by atoms with E-state index in [9.17, 15) is 4.39 Å². The van der Waals surface area contributed by atoms with Gasteiger partial charge in [0.2, 0.25) is 0 Å². The van der Waals surface area contributed by atoms with E-state index in [-0.39, 0.29) is 5.52 Å². The molecule has 2 heterocycles. The monoisotopic (exact) mass is 360 g/mol. The van der Waals surface area contributed by atoms with Gasteiger partial charge in [0.25, 0.3) is 0 Å². The van der Waals surface area contributed by atoms with E-state index in [2.05, 4.69) is 20.3 Å². The number of hydrogen-bond donors (Lipinski definition) is 1. The van der Waals surface area contributed by atoms with Gasteiger partial charge in [0, 0.05) is 30.4 Å². The molecule has 6 heteroatoms. The van der Waals surface area contributed by atoms with Gasteiger partial charge in [0.05, 0.1) is 7.11 Å². The zero-order valence-corrected chi connectivity index (χ0v) is 14.9. The van der Waals surface area contributed by atoms with Gasteiger partial charge in [-0.2, -0.15) is 0 Å². The van der Waals surface area contributed by atoms with Gasteiger partial charge in [-0.1, -0.05) is 12.1 Å². The number of fused-ring (bicyclic) bond motifs is 1. The molecule has 4 aromatic rings. The maximum absolute atomic E-state index is 15.0. The Labute approximate surface area is 155 Å². The molecule has 0 unspecified atom stereocenters. The minimum absolute atomic E-state index is 0.264. The van der Waals surface area contributed by atoms with Crippen molar-refractivity contribution in [3.05, 3.63) is 66.7 Å². The second-order valence-electron chi connectivity index (χ2n) is 5.97. The normalized spacial score (nSPS) is 10.8. The third kappa shape index (κ3) is 3.17. The van der Waals surface area contributed by atoms with Crippen LogP contribution in [0, 0.1) is 5.82 Å². The zero-order valence-electron chi connectivity index (χ0n) is 14.9. The van der Waals surface area contributed by atoms with E-state index in [1.54, 1.807) is 32.6 Å². The van der Waals surface area contributed by atoms with E-state index in [1.807, 2.05) is 36.4 Å².